The minimum atomic E-state index is -1.23. The van der Waals surface area contributed by atoms with Crippen LogP contribution in [0.1, 0.15) is 23.1 Å². The molecular weight excluding hydrogens is 526 g/mol. The summed E-state index contributed by atoms with van der Waals surface area (Å²) < 4.78 is 0. The fourth-order valence-corrected chi connectivity index (χ4v) is 6.91. The second-order valence-electron chi connectivity index (χ2n) is 11.2. The molecule has 0 spiro atoms. The van der Waals surface area contributed by atoms with Gasteiger partial charge < -0.3 is 0 Å². The van der Waals surface area contributed by atoms with E-state index in [0.717, 1.165) is 12.7 Å². The molecule has 0 aliphatic carbocycles. The maximum absolute atomic E-state index is 2.44. The third-order valence-electron chi connectivity index (χ3n) is 8.99. The zero-order valence-corrected chi connectivity index (χ0v) is 27.0. The summed E-state index contributed by atoms with van der Waals surface area (Å²) in [4.78, 5) is 0. The molecule has 0 aliphatic rings. The van der Waals surface area contributed by atoms with E-state index in [1.54, 1.807) is 0 Å². The van der Waals surface area contributed by atoms with Gasteiger partial charge >= 0.3 is 29.6 Å². The van der Waals surface area contributed by atoms with Crippen molar-refractivity contribution >= 4 is 22.5 Å². The van der Waals surface area contributed by atoms with Gasteiger partial charge in [-0.25, -0.2) is 0 Å². The molecule has 6 aromatic carbocycles. The van der Waals surface area contributed by atoms with E-state index in [9.17, 15) is 0 Å². The predicted octanol–water partition coefficient (Wildman–Crippen LogP) is 5.14. The third kappa shape index (κ3) is 6.26. The van der Waals surface area contributed by atoms with E-state index in [-0.39, 0.29) is 35.0 Å². The topological polar surface area (TPSA) is 0 Å². The molecule has 0 N–H and O–H groups in total. The molecular formula is C41H36BNa. The molecule has 0 saturated heterocycles. The summed E-state index contributed by atoms with van der Waals surface area (Å²) in [5, 5.41) is 0. The van der Waals surface area contributed by atoms with E-state index >= 15 is 0 Å². The molecule has 0 saturated carbocycles. The molecule has 0 aromatic heterocycles. The Hall–Kier alpha value is -3.88. The number of rotatable bonds is 10. The SMILES string of the molecule is C(=C\CC(c1ccccc1)(c1ccccc1)c1ccccc1)/C[B-](c1ccccc1)(c1ccccc1)c1ccccc1.[Na+]. The molecule has 0 unspecified atom stereocenters. The fourth-order valence-electron chi connectivity index (χ4n) is 6.91. The van der Waals surface area contributed by atoms with E-state index in [1.807, 2.05) is 0 Å². The average Bonchev–Trinajstić information content (AvgIpc) is 3.09. The van der Waals surface area contributed by atoms with Gasteiger partial charge in [-0.1, -0.05) is 188 Å². The van der Waals surface area contributed by atoms with Gasteiger partial charge in [-0.15, -0.1) is 12.4 Å². The fraction of sp³-hybridized carbons (Fsp3) is 0.0732. The smallest absolute Gasteiger partial charge is 0.200 e. The Morgan fingerprint density at radius 3 is 0.953 bits per heavy atom. The first-order chi connectivity index (χ1) is 20.8. The largest absolute Gasteiger partial charge is 1.00 e. The van der Waals surface area contributed by atoms with Gasteiger partial charge in [0.15, 0.2) is 0 Å². The Kier molecular flexibility index (Phi) is 10.3. The summed E-state index contributed by atoms with van der Waals surface area (Å²) in [6.45, 7) is 0. The van der Waals surface area contributed by atoms with Crippen LogP contribution in [0.5, 0.6) is 0 Å². The molecule has 43 heavy (non-hydrogen) atoms. The third-order valence-corrected chi connectivity index (χ3v) is 8.99. The molecule has 204 valence electrons. The summed E-state index contributed by atoms with van der Waals surface area (Å²) in [5.41, 5.74) is 7.69. The van der Waals surface area contributed by atoms with E-state index in [1.165, 1.54) is 33.1 Å². The molecule has 0 atom stereocenters. The van der Waals surface area contributed by atoms with E-state index in [0.29, 0.717) is 0 Å². The van der Waals surface area contributed by atoms with Crippen molar-refractivity contribution in [3.63, 3.8) is 0 Å². The summed E-state index contributed by atoms with van der Waals surface area (Å²) in [6.07, 6.45) is 5.41. The Labute approximate surface area is 279 Å². The van der Waals surface area contributed by atoms with Crippen LogP contribution < -0.4 is 45.9 Å². The van der Waals surface area contributed by atoms with Crippen LogP contribution in [0, 0.1) is 0 Å². The molecule has 6 rings (SSSR count). The molecule has 0 fully saturated rings. The van der Waals surface area contributed by atoms with Crippen LogP contribution in [0.2, 0.25) is 6.32 Å². The minimum Gasteiger partial charge on any atom is -0.200 e. The van der Waals surface area contributed by atoms with Crippen molar-refractivity contribution in [3.8, 4) is 0 Å². The van der Waals surface area contributed by atoms with Crippen molar-refractivity contribution in [3.05, 3.63) is 211 Å². The van der Waals surface area contributed by atoms with Crippen molar-refractivity contribution in [2.45, 2.75) is 18.2 Å². The zero-order chi connectivity index (χ0) is 28.5. The minimum absolute atomic E-state index is 0. The molecule has 0 aliphatic heterocycles. The zero-order valence-electron chi connectivity index (χ0n) is 25.0. The molecule has 0 bridgehead atoms. The van der Waals surface area contributed by atoms with Crippen molar-refractivity contribution in [1.29, 1.82) is 0 Å². The first-order valence-corrected chi connectivity index (χ1v) is 15.0. The van der Waals surface area contributed by atoms with Crippen molar-refractivity contribution in [2.24, 2.45) is 0 Å². The Bertz CT molecular complexity index is 1360. The van der Waals surface area contributed by atoms with Gasteiger partial charge in [-0.2, -0.15) is 16.4 Å². The van der Waals surface area contributed by atoms with E-state index < -0.39 is 6.15 Å². The summed E-state index contributed by atoms with van der Waals surface area (Å²) in [5.74, 6) is 0. The van der Waals surface area contributed by atoms with Crippen LogP contribution in [0.25, 0.3) is 0 Å². The van der Waals surface area contributed by atoms with Crippen LogP contribution in [0.4, 0.5) is 0 Å². The first kappa shape index (κ1) is 30.6. The maximum atomic E-state index is 2.44. The van der Waals surface area contributed by atoms with Crippen LogP contribution in [-0.2, 0) is 5.41 Å². The van der Waals surface area contributed by atoms with Crippen LogP contribution >= 0.6 is 0 Å². The molecule has 2 heteroatoms. The van der Waals surface area contributed by atoms with Crippen molar-refractivity contribution < 1.29 is 29.6 Å². The normalized spacial score (nSPS) is 11.6. The van der Waals surface area contributed by atoms with E-state index in [4.69, 9.17) is 0 Å². The summed E-state index contributed by atoms with van der Waals surface area (Å²) in [6, 6.07) is 66.1. The van der Waals surface area contributed by atoms with E-state index in [2.05, 4.69) is 194 Å². The Balaban J connectivity index is 0.00000368. The predicted molar refractivity (Wildman–Crippen MR) is 182 cm³/mol. The number of hydrogen-bond donors (Lipinski definition) is 0. The molecule has 0 nitrogen and oxygen atoms in total. The monoisotopic (exact) mass is 562 g/mol. The number of allylic oxidation sites excluding steroid dienone is 2. The van der Waals surface area contributed by atoms with Gasteiger partial charge in [0.25, 0.3) is 0 Å². The quantitative estimate of drug-likeness (QED) is 0.123. The first-order valence-electron chi connectivity index (χ1n) is 15.0. The number of hydrogen-bond acceptors (Lipinski definition) is 0. The molecule has 0 amide bonds. The molecule has 0 radical (unpaired) electrons. The van der Waals surface area contributed by atoms with Gasteiger partial charge in [0.1, 0.15) is 0 Å². The van der Waals surface area contributed by atoms with Gasteiger partial charge in [-0.05, 0) is 23.1 Å². The number of benzene rings is 6. The van der Waals surface area contributed by atoms with Gasteiger partial charge in [0, 0.05) is 5.41 Å². The van der Waals surface area contributed by atoms with Crippen LogP contribution in [0.3, 0.4) is 0 Å². The maximum Gasteiger partial charge on any atom is 1.00 e. The summed E-state index contributed by atoms with van der Waals surface area (Å²) in [7, 11) is 0. The molecule has 6 aromatic rings. The van der Waals surface area contributed by atoms with Gasteiger partial charge in [0.05, 0.1) is 6.15 Å². The average molecular weight is 563 g/mol. The summed E-state index contributed by atoms with van der Waals surface area (Å²) >= 11 is 0. The van der Waals surface area contributed by atoms with Crippen molar-refractivity contribution in [1.82, 2.24) is 0 Å². The van der Waals surface area contributed by atoms with Crippen LogP contribution in [-0.4, -0.2) is 6.15 Å². The van der Waals surface area contributed by atoms with Gasteiger partial charge in [0.2, 0.25) is 0 Å². The molecule has 0 heterocycles. The Morgan fingerprint density at radius 2 is 0.651 bits per heavy atom. The Morgan fingerprint density at radius 1 is 0.372 bits per heavy atom. The van der Waals surface area contributed by atoms with Gasteiger partial charge in [-0.3, -0.25) is 0 Å². The second-order valence-corrected chi connectivity index (χ2v) is 11.2. The van der Waals surface area contributed by atoms with Crippen LogP contribution in [0.15, 0.2) is 194 Å². The van der Waals surface area contributed by atoms with Crippen molar-refractivity contribution in [2.75, 3.05) is 0 Å². The standard InChI is InChI=1S/C41H36B.Na/c1-7-21-35(22-8-1)41(36-23-9-2-10-24-36,37-25-11-3-12-26-37)33-19-20-34-42(38-27-13-4-14-28-38,39-29-15-5-16-30-39)40-31-17-6-18-32-40;/h1-32H,33-34H2;/q-1;+1/b20-19+;. The second kappa shape index (κ2) is 14.5.